The topological polar surface area (TPSA) is 21.3 Å². The number of hydrogen-bond acceptors (Lipinski definition) is 3. The molecule has 1 N–H and O–H groups in total. The molecule has 2 unspecified atom stereocenters. The van der Waals surface area contributed by atoms with Crippen LogP contribution >= 0.6 is 34.5 Å². The smallest absolute Gasteiger partial charge is 0.0991 e. The molecule has 0 saturated carbocycles. The van der Waals surface area contributed by atoms with Crippen molar-refractivity contribution in [2.75, 3.05) is 13.2 Å². The zero-order chi connectivity index (χ0) is 14.4. The highest BCUT2D eigenvalue weighted by atomic mass is 35.5. The van der Waals surface area contributed by atoms with Gasteiger partial charge in [0.1, 0.15) is 0 Å². The van der Waals surface area contributed by atoms with Crippen LogP contribution in [-0.2, 0) is 4.74 Å². The van der Waals surface area contributed by atoms with Gasteiger partial charge in [0.05, 0.1) is 14.8 Å². The van der Waals surface area contributed by atoms with Crippen LogP contribution in [0.2, 0.25) is 8.67 Å². The standard InChI is InChI=1S/C15H23Cl2NOS/c1-2-8-18-13(12-10-14(16)20-15(12)17)7-3-5-11-6-4-9-19-11/h10-11,13,18H,2-9H2,1H3. The molecular weight excluding hydrogens is 313 g/mol. The van der Waals surface area contributed by atoms with E-state index < -0.39 is 0 Å². The van der Waals surface area contributed by atoms with Gasteiger partial charge in [-0.15, -0.1) is 11.3 Å². The van der Waals surface area contributed by atoms with Crippen LogP contribution in [0.15, 0.2) is 6.07 Å². The Morgan fingerprint density at radius 3 is 2.95 bits per heavy atom. The number of ether oxygens (including phenoxy) is 1. The van der Waals surface area contributed by atoms with Gasteiger partial charge < -0.3 is 10.1 Å². The van der Waals surface area contributed by atoms with Gasteiger partial charge in [-0.3, -0.25) is 0 Å². The third-order valence-corrected chi connectivity index (χ3v) is 5.26. The first-order chi connectivity index (χ1) is 9.70. The summed E-state index contributed by atoms with van der Waals surface area (Å²) in [5.74, 6) is 0. The molecule has 5 heteroatoms. The molecule has 0 spiro atoms. The minimum Gasteiger partial charge on any atom is -0.378 e. The first-order valence-electron chi connectivity index (χ1n) is 7.50. The summed E-state index contributed by atoms with van der Waals surface area (Å²) >= 11 is 13.8. The maximum atomic E-state index is 6.29. The van der Waals surface area contributed by atoms with Gasteiger partial charge in [0.2, 0.25) is 0 Å². The summed E-state index contributed by atoms with van der Waals surface area (Å²) in [7, 11) is 0. The van der Waals surface area contributed by atoms with Crippen LogP contribution in [0.25, 0.3) is 0 Å². The van der Waals surface area contributed by atoms with Gasteiger partial charge in [-0.1, -0.05) is 30.1 Å². The van der Waals surface area contributed by atoms with Crippen LogP contribution in [0.3, 0.4) is 0 Å². The van der Waals surface area contributed by atoms with Crippen LogP contribution in [0.4, 0.5) is 0 Å². The van der Waals surface area contributed by atoms with Crippen LogP contribution in [0.5, 0.6) is 0 Å². The maximum Gasteiger partial charge on any atom is 0.0991 e. The van der Waals surface area contributed by atoms with Crippen LogP contribution in [-0.4, -0.2) is 19.3 Å². The van der Waals surface area contributed by atoms with Crippen molar-refractivity contribution < 1.29 is 4.74 Å². The molecule has 0 radical (unpaired) electrons. The molecule has 1 fully saturated rings. The van der Waals surface area contributed by atoms with Crippen molar-refractivity contribution in [3.8, 4) is 0 Å². The Morgan fingerprint density at radius 1 is 1.50 bits per heavy atom. The van der Waals surface area contributed by atoms with Crippen LogP contribution in [0, 0.1) is 0 Å². The summed E-state index contributed by atoms with van der Waals surface area (Å²) in [6.45, 7) is 4.13. The quantitative estimate of drug-likeness (QED) is 0.682. The van der Waals surface area contributed by atoms with E-state index in [1.54, 1.807) is 0 Å². The molecule has 2 heterocycles. The Kier molecular flexibility index (Phi) is 7.12. The monoisotopic (exact) mass is 335 g/mol. The van der Waals surface area contributed by atoms with Gasteiger partial charge in [-0.2, -0.15) is 0 Å². The summed E-state index contributed by atoms with van der Waals surface area (Å²) < 4.78 is 7.27. The van der Waals surface area contributed by atoms with E-state index >= 15 is 0 Å². The van der Waals surface area contributed by atoms with Crippen LogP contribution in [0.1, 0.15) is 57.1 Å². The summed E-state index contributed by atoms with van der Waals surface area (Å²) in [5.41, 5.74) is 1.16. The number of thiophene rings is 1. The zero-order valence-corrected chi connectivity index (χ0v) is 14.3. The van der Waals surface area contributed by atoms with E-state index in [0.717, 1.165) is 53.1 Å². The molecule has 0 amide bonds. The largest absolute Gasteiger partial charge is 0.378 e. The number of halogens is 2. The number of rotatable bonds is 8. The second-order valence-corrected chi connectivity index (χ2v) is 7.64. The zero-order valence-electron chi connectivity index (χ0n) is 12.0. The van der Waals surface area contributed by atoms with E-state index in [9.17, 15) is 0 Å². The third-order valence-electron chi connectivity index (χ3n) is 3.74. The highest BCUT2D eigenvalue weighted by Gasteiger charge is 2.19. The summed E-state index contributed by atoms with van der Waals surface area (Å²) in [5, 5.41) is 3.59. The minimum absolute atomic E-state index is 0.313. The van der Waals surface area contributed by atoms with Crippen molar-refractivity contribution in [1.29, 1.82) is 0 Å². The highest BCUT2D eigenvalue weighted by molar-refractivity contribution is 7.20. The maximum absolute atomic E-state index is 6.29. The van der Waals surface area contributed by atoms with Crippen molar-refractivity contribution in [2.45, 2.75) is 57.6 Å². The Hall–Kier alpha value is 0.200. The first-order valence-corrected chi connectivity index (χ1v) is 9.07. The molecule has 1 aromatic rings. The third kappa shape index (κ3) is 4.88. The molecule has 1 aliphatic rings. The van der Waals surface area contributed by atoms with E-state index in [-0.39, 0.29) is 0 Å². The van der Waals surface area contributed by atoms with Crippen molar-refractivity contribution >= 4 is 34.5 Å². The Labute approximate surface area is 135 Å². The molecule has 0 bridgehead atoms. The van der Waals surface area contributed by atoms with Gasteiger partial charge >= 0.3 is 0 Å². The first kappa shape index (κ1) is 16.6. The molecule has 2 rings (SSSR count). The molecule has 1 aliphatic heterocycles. The van der Waals surface area contributed by atoms with Gasteiger partial charge in [0.15, 0.2) is 0 Å². The predicted octanol–water partition coefficient (Wildman–Crippen LogP) is 5.44. The van der Waals surface area contributed by atoms with E-state index in [1.165, 1.54) is 24.2 Å². The lowest BCUT2D eigenvalue weighted by Crippen LogP contribution is -2.22. The van der Waals surface area contributed by atoms with Gasteiger partial charge in [0.25, 0.3) is 0 Å². The highest BCUT2D eigenvalue weighted by Crippen LogP contribution is 2.37. The number of nitrogens with one attached hydrogen (secondary N) is 1. The fraction of sp³-hybridized carbons (Fsp3) is 0.733. The van der Waals surface area contributed by atoms with Crippen molar-refractivity contribution in [3.63, 3.8) is 0 Å². The molecule has 0 aliphatic carbocycles. The fourth-order valence-electron chi connectivity index (χ4n) is 2.70. The van der Waals surface area contributed by atoms with E-state index in [2.05, 4.69) is 12.2 Å². The Balaban J connectivity index is 1.87. The molecule has 1 aromatic heterocycles. The molecule has 2 nitrogen and oxygen atoms in total. The normalized spacial score (nSPS) is 20.4. The lowest BCUT2D eigenvalue weighted by atomic mass is 10.0. The average Bonchev–Trinajstić information content (AvgIpc) is 3.03. The number of hydrogen-bond donors (Lipinski definition) is 1. The summed E-state index contributed by atoms with van der Waals surface area (Å²) in [6.07, 6.45) is 7.44. The molecule has 1 saturated heterocycles. The molecule has 20 heavy (non-hydrogen) atoms. The van der Waals surface area contributed by atoms with Crippen molar-refractivity contribution in [2.24, 2.45) is 0 Å². The van der Waals surface area contributed by atoms with Gasteiger partial charge in [-0.05, 0) is 51.1 Å². The van der Waals surface area contributed by atoms with Crippen molar-refractivity contribution in [3.05, 3.63) is 20.3 Å². The molecule has 0 aromatic carbocycles. The second-order valence-electron chi connectivity index (χ2n) is 5.35. The summed E-state index contributed by atoms with van der Waals surface area (Å²) in [4.78, 5) is 0. The van der Waals surface area contributed by atoms with Crippen molar-refractivity contribution in [1.82, 2.24) is 5.32 Å². The second kappa shape index (κ2) is 8.60. The average molecular weight is 336 g/mol. The SMILES string of the molecule is CCCNC(CCCC1CCCO1)c1cc(Cl)sc1Cl. The van der Waals surface area contributed by atoms with E-state index in [1.807, 2.05) is 6.07 Å². The van der Waals surface area contributed by atoms with Gasteiger partial charge in [0, 0.05) is 18.2 Å². The predicted molar refractivity (Wildman–Crippen MR) is 88.2 cm³/mol. The van der Waals surface area contributed by atoms with Gasteiger partial charge in [-0.25, -0.2) is 0 Å². The molecular formula is C15H23Cl2NOS. The molecule has 114 valence electrons. The van der Waals surface area contributed by atoms with Crippen LogP contribution < -0.4 is 5.32 Å². The van der Waals surface area contributed by atoms with E-state index in [0.29, 0.717) is 12.1 Å². The fourth-order valence-corrected chi connectivity index (χ4v) is 4.28. The molecule has 2 atom stereocenters. The minimum atomic E-state index is 0.313. The summed E-state index contributed by atoms with van der Waals surface area (Å²) in [6, 6.07) is 2.32. The Morgan fingerprint density at radius 2 is 2.35 bits per heavy atom. The van der Waals surface area contributed by atoms with E-state index in [4.69, 9.17) is 27.9 Å². The Bertz CT molecular complexity index is 405. The lowest BCUT2D eigenvalue weighted by Gasteiger charge is -2.19. The lowest BCUT2D eigenvalue weighted by molar-refractivity contribution is 0.101.